The molecule has 4 rings (SSSR count). The molecule has 0 aromatic heterocycles. The van der Waals surface area contributed by atoms with Gasteiger partial charge in [-0.1, -0.05) is 28.1 Å². The number of rotatable bonds is 2. The number of cyclic esters (lactones) is 1. The third kappa shape index (κ3) is 2.73. The van der Waals surface area contributed by atoms with E-state index >= 15 is 0 Å². The van der Waals surface area contributed by atoms with E-state index in [1.165, 1.54) is 0 Å². The molecule has 2 aromatic carbocycles. The van der Waals surface area contributed by atoms with Gasteiger partial charge in [0.2, 0.25) is 12.7 Å². The topological polar surface area (TPSA) is 57.1 Å². The van der Waals surface area contributed by atoms with E-state index in [-0.39, 0.29) is 18.4 Å². The fourth-order valence-electron chi connectivity index (χ4n) is 2.28. The standard InChI is InChI=1S/C17H10BrNO4/c18-12-4-1-10(2-5-12)7-13-17(20)23-16(19-13)11-3-6-14-15(8-11)22-9-21-14/h1-8H,9H2/b13-7-. The SMILES string of the molecule is O=C1OC(c2ccc3c(c2)OCO3)=N/C1=C\c1ccc(Br)cc1. The highest BCUT2D eigenvalue weighted by atomic mass is 79.9. The van der Waals surface area contributed by atoms with Crippen molar-refractivity contribution < 1.29 is 19.0 Å². The molecule has 2 heterocycles. The van der Waals surface area contributed by atoms with E-state index in [0.717, 1.165) is 10.0 Å². The Morgan fingerprint density at radius 2 is 1.83 bits per heavy atom. The van der Waals surface area contributed by atoms with E-state index in [9.17, 15) is 4.79 Å². The average molecular weight is 372 g/mol. The Balaban J connectivity index is 1.66. The number of carbonyl (C=O) groups excluding carboxylic acids is 1. The van der Waals surface area contributed by atoms with Crippen LogP contribution in [0.3, 0.4) is 0 Å². The fraction of sp³-hybridized carbons (Fsp3) is 0.0588. The van der Waals surface area contributed by atoms with Crippen LogP contribution in [0.5, 0.6) is 11.5 Å². The number of hydrogen-bond acceptors (Lipinski definition) is 5. The molecule has 2 aromatic rings. The van der Waals surface area contributed by atoms with E-state index in [1.54, 1.807) is 24.3 Å². The minimum Gasteiger partial charge on any atom is -0.454 e. The zero-order valence-corrected chi connectivity index (χ0v) is 13.4. The van der Waals surface area contributed by atoms with Gasteiger partial charge in [0.1, 0.15) is 0 Å². The van der Waals surface area contributed by atoms with Gasteiger partial charge in [0.25, 0.3) is 0 Å². The van der Waals surface area contributed by atoms with Gasteiger partial charge >= 0.3 is 5.97 Å². The van der Waals surface area contributed by atoms with Gasteiger partial charge in [0, 0.05) is 10.0 Å². The molecule has 2 aliphatic rings. The number of ether oxygens (including phenoxy) is 3. The second kappa shape index (κ2) is 5.55. The number of esters is 1. The fourth-order valence-corrected chi connectivity index (χ4v) is 2.54. The lowest BCUT2D eigenvalue weighted by atomic mass is 10.2. The monoisotopic (exact) mass is 371 g/mol. The minimum absolute atomic E-state index is 0.194. The van der Waals surface area contributed by atoms with Crippen molar-refractivity contribution in [3.63, 3.8) is 0 Å². The summed E-state index contributed by atoms with van der Waals surface area (Å²) in [6.07, 6.45) is 1.69. The van der Waals surface area contributed by atoms with Crippen molar-refractivity contribution in [3.05, 3.63) is 63.8 Å². The van der Waals surface area contributed by atoms with Crippen LogP contribution >= 0.6 is 15.9 Å². The number of halogens is 1. The van der Waals surface area contributed by atoms with E-state index in [1.807, 2.05) is 24.3 Å². The highest BCUT2D eigenvalue weighted by Gasteiger charge is 2.25. The normalized spacial score (nSPS) is 17.3. The molecule has 23 heavy (non-hydrogen) atoms. The quantitative estimate of drug-likeness (QED) is 0.598. The van der Waals surface area contributed by atoms with Crippen LogP contribution < -0.4 is 9.47 Å². The zero-order valence-electron chi connectivity index (χ0n) is 11.8. The van der Waals surface area contributed by atoms with Crippen molar-refractivity contribution in [2.45, 2.75) is 0 Å². The third-order valence-corrected chi connectivity index (χ3v) is 3.94. The summed E-state index contributed by atoms with van der Waals surface area (Å²) in [5.74, 6) is 1.08. The molecule has 0 N–H and O–H groups in total. The molecule has 2 aliphatic heterocycles. The summed E-state index contributed by atoms with van der Waals surface area (Å²) >= 11 is 3.37. The first-order valence-electron chi connectivity index (χ1n) is 6.87. The molecule has 0 saturated heterocycles. The molecule has 0 unspecified atom stereocenters. The number of carbonyl (C=O) groups is 1. The second-order valence-corrected chi connectivity index (χ2v) is 5.87. The molecule has 0 bridgehead atoms. The number of benzene rings is 2. The number of nitrogens with zero attached hydrogens (tertiary/aromatic N) is 1. The van der Waals surface area contributed by atoms with Gasteiger partial charge in [-0.15, -0.1) is 0 Å². The van der Waals surface area contributed by atoms with Crippen molar-refractivity contribution >= 4 is 33.9 Å². The van der Waals surface area contributed by atoms with Gasteiger partial charge in [-0.3, -0.25) is 0 Å². The lowest BCUT2D eigenvalue weighted by molar-refractivity contribution is -0.129. The Bertz CT molecular complexity index is 855. The molecule has 0 aliphatic carbocycles. The molecule has 0 amide bonds. The van der Waals surface area contributed by atoms with Crippen molar-refractivity contribution in [2.75, 3.05) is 6.79 Å². The van der Waals surface area contributed by atoms with Crippen molar-refractivity contribution in [1.82, 2.24) is 0 Å². The predicted molar refractivity (Wildman–Crippen MR) is 87.3 cm³/mol. The first-order valence-corrected chi connectivity index (χ1v) is 7.66. The highest BCUT2D eigenvalue weighted by Crippen LogP contribution is 2.33. The molecule has 0 fully saturated rings. The predicted octanol–water partition coefficient (Wildman–Crippen LogP) is 3.52. The maximum absolute atomic E-state index is 12.0. The largest absolute Gasteiger partial charge is 0.454 e. The first kappa shape index (κ1) is 14.0. The van der Waals surface area contributed by atoms with Crippen LogP contribution in [0.25, 0.3) is 6.08 Å². The molecule has 5 nitrogen and oxygen atoms in total. The lowest BCUT2D eigenvalue weighted by Crippen LogP contribution is -2.05. The van der Waals surface area contributed by atoms with Crippen molar-refractivity contribution in [3.8, 4) is 11.5 Å². The Kier molecular flexibility index (Phi) is 3.38. The summed E-state index contributed by atoms with van der Waals surface area (Å²) in [6, 6.07) is 12.9. The van der Waals surface area contributed by atoms with Gasteiger partial charge in [-0.2, -0.15) is 0 Å². The van der Waals surface area contributed by atoms with E-state index in [4.69, 9.17) is 14.2 Å². The average Bonchev–Trinajstić information content (AvgIpc) is 3.16. The van der Waals surface area contributed by atoms with E-state index < -0.39 is 5.97 Å². The minimum atomic E-state index is -0.472. The molecule has 6 heteroatoms. The van der Waals surface area contributed by atoms with Gasteiger partial charge in [0.05, 0.1) is 0 Å². The van der Waals surface area contributed by atoms with Crippen LogP contribution in [-0.2, 0) is 9.53 Å². The summed E-state index contributed by atoms with van der Waals surface area (Å²) in [6.45, 7) is 0.194. The molecule has 0 spiro atoms. The Labute approximate surface area is 140 Å². The summed E-state index contributed by atoms with van der Waals surface area (Å²) in [5.41, 5.74) is 1.80. The van der Waals surface area contributed by atoms with E-state index in [2.05, 4.69) is 20.9 Å². The smallest absolute Gasteiger partial charge is 0.363 e. The van der Waals surface area contributed by atoms with Gasteiger partial charge in [-0.05, 0) is 42.0 Å². The van der Waals surface area contributed by atoms with Crippen LogP contribution in [0, 0.1) is 0 Å². The maximum atomic E-state index is 12.0. The summed E-state index contributed by atoms with van der Waals surface area (Å²) in [5, 5.41) is 0. The van der Waals surface area contributed by atoms with E-state index in [0.29, 0.717) is 17.1 Å². The molecular weight excluding hydrogens is 362 g/mol. The van der Waals surface area contributed by atoms with Gasteiger partial charge in [-0.25, -0.2) is 9.79 Å². The molecule has 0 saturated carbocycles. The van der Waals surface area contributed by atoms with Crippen LogP contribution in [0.1, 0.15) is 11.1 Å². The second-order valence-electron chi connectivity index (χ2n) is 4.96. The summed E-state index contributed by atoms with van der Waals surface area (Å²) < 4.78 is 16.8. The van der Waals surface area contributed by atoms with Crippen LogP contribution in [0.2, 0.25) is 0 Å². The Morgan fingerprint density at radius 1 is 1.04 bits per heavy atom. The molecule has 0 atom stereocenters. The summed E-state index contributed by atoms with van der Waals surface area (Å²) in [7, 11) is 0. The van der Waals surface area contributed by atoms with Crippen molar-refractivity contribution in [2.24, 2.45) is 4.99 Å². The van der Waals surface area contributed by atoms with Crippen LogP contribution in [0.15, 0.2) is 57.6 Å². The van der Waals surface area contributed by atoms with Crippen LogP contribution in [-0.4, -0.2) is 18.7 Å². The molecule has 114 valence electrons. The lowest BCUT2D eigenvalue weighted by Gasteiger charge is -2.01. The molecule has 0 radical (unpaired) electrons. The Hall–Kier alpha value is -2.60. The first-order chi connectivity index (χ1) is 11.2. The van der Waals surface area contributed by atoms with Crippen molar-refractivity contribution in [1.29, 1.82) is 0 Å². The van der Waals surface area contributed by atoms with Crippen LogP contribution in [0.4, 0.5) is 0 Å². The maximum Gasteiger partial charge on any atom is 0.363 e. The Morgan fingerprint density at radius 3 is 2.65 bits per heavy atom. The van der Waals surface area contributed by atoms with Gasteiger partial charge in [0.15, 0.2) is 17.2 Å². The number of aliphatic imine (C=N–C) groups is 1. The highest BCUT2D eigenvalue weighted by molar-refractivity contribution is 9.10. The number of fused-ring (bicyclic) bond motifs is 1. The van der Waals surface area contributed by atoms with Gasteiger partial charge < -0.3 is 14.2 Å². The molecular formula is C17H10BrNO4. The third-order valence-electron chi connectivity index (χ3n) is 3.41. The zero-order chi connectivity index (χ0) is 15.8. The number of hydrogen-bond donors (Lipinski definition) is 0. The summed E-state index contributed by atoms with van der Waals surface area (Å²) in [4.78, 5) is 16.3.